The van der Waals surface area contributed by atoms with Crippen LogP contribution in [0.25, 0.3) is 0 Å². The monoisotopic (exact) mass is 423 g/mol. The van der Waals surface area contributed by atoms with Gasteiger partial charge in [0.1, 0.15) is 0 Å². The van der Waals surface area contributed by atoms with E-state index in [4.69, 9.17) is 5.73 Å². The molecule has 28 heavy (non-hydrogen) atoms. The Balaban J connectivity index is 0.00000196. The number of rotatable bonds is 5. The van der Waals surface area contributed by atoms with Gasteiger partial charge in [-0.1, -0.05) is 30.3 Å². The highest BCUT2D eigenvalue weighted by molar-refractivity contribution is 5.97. The number of nitrogens with one attached hydrogen (secondary N) is 2. The van der Waals surface area contributed by atoms with Crippen LogP contribution in [0.1, 0.15) is 46.0 Å². The van der Waals surface area contributed by atoms with E-state index in [-0.39, 0.29) is 42.2 Å². The van der Waals surface area contributed by atoms with Crippen LogP contribution in [0.2, 0.25) is 0 Å². The average molecular weight is 424 g/mol. The molecule has 3 rings (SSSR count). The summed E-state index contributed by atoms with van der Waals surface area (Å²) in [6, 6.07) is 16.8. The van der Waals surface area contributed by atoms with Crippen molar-refractivity contribution in [3.63, 3.8) is 0 Å². The van der Waals surface area contributed by atoms with Gasteiger partial charge in [0.05, 0.1) is 0 Å². The molecule has 2 aromatic rings. The third-order valence-corrected chi connectivity index (χ3v) is 5.45. The first-order valence-electron chi connectivity index (χ1n) is 9.00. The largest absolute Gasteiger partial charge is 0.366 e. The maximum atomic E-state index is 12.7. The molecule has 2 amide bonds. The molecule has 152 valence electrons. The molecule has 0 radical (unpaired) electrons. The van der Waals surface area contributed by atoms with Crippen LogP contribution in [0.5, 0.6) is 0 Å². The number of piperidine rings is 1. The number of primary amides is 1. The lowest BCUT2D eigenvalue weighted by atomic mass is 9.68. The average Bonchev–Trinajstić information content (AvgIpc) is 2.69. The van der Waals surface area contributed by atoms with Crippen molar-refractivity contribution in [2.24, 2.45) is 5.73 Å². The van der Waals surface area contributed by atoms with Gasteiger partial charge in [-0.25, -0.2) is 0 Å². The first-order valence-corrected chi connectivity index (χ1v) is 9.00. The second-order valence-corrected chi connectivity index (χ2v) is 6.91. The second-order valence-electron chi connectivity index (χ2n) is 6.91. The number of carbonyl (C=O) groups is 2. The molecule has 0 aliphatic carbocycles. The van der Waals surface area contributed by atoms with Gasteiger partial charge in [0.2, 0.25) is 5.91 Å². The number of hydrogen-bond acceptors (Lipinski definition) is 3. The van der Waals surface area contributed by atoms with Gasteiger partial charge in [-0.05, 0) is 62.7 Å². The van der Waals surface area contributed by atoms with E-state index in [0.717, 1.165) is 25.9 Å². The van der Waals surface area contributed by atoms with E-state index in [1.807, 2.05) is 6.07 Å². The molecule has 4 N–H and O–H groups in total. The number of carbonyl (C=O) groups excluding carboxylic acids is 2. The predicted octanol–water partition coefficient (Wildman–Crippen LogP) is 3.07. The van der Waals surface area contributed by atoms with Gasteiger partial charge in [0, 0.05) is 22.6 Å². The Morgan fingerprint density at radius 1 is 0.964 bits per heavy atom. The lowest BCUT2D eigenvalue weighted by molar-refractivity contribution is 0.0905. The number of halogens is 2. The van der Waals surface area contributed by atoms with Crippen molar-refractivity contribution >= 4 is 36.6 Å². The summed E-state index contributed by atoms with van der Waals surface area (Å²) in [5.41, 5.74) is 7.35. The second kappa shape index (κ2) is 10.5. The van der Waals surface area contributed by atoms with E-state index in [9.17, 15) is 9.59 Å². The maximum Gasteiger partial charge on any atom is 0.251 e. The number of nitrogens with two attached hydrogens (primary N) is 1. The van der Waals surface area contributed by atoms with Crippen molar-refractivity contribution in [1.29, 1.82) is 0 Å². The molecule has 1 atom stereocenters. The Morgan fingerprint density at radius 2 is 1.50 bits per heavy atom. The standard InChI is InChI=1S/C21H25N3O2.2ClH/c1-15(24-20(26)17-9-7-16(8-10-17)19(22)25)21(11-13-23-14-12-21)18-5-3-2-4-6-18;;/h2-10,15,23H,11-14H2,1H3,(H2,22,25)(H,24,26);2*1H. The Hall–Kier alpha value is -2.08. The summed E-state index contributed by atoms with van der Waals surface area (Å²) in [5, 5.41) is 6.58. The number of benzene rings is 2. The molecule has 7 heteroatoms. The van der Waals surface area contributed by atoms with E-state index in [2.05, 4.69) is 41.8 Å². The molecule has 1 saturated heterocycles. The van der Waals surface area contributed by atoms with E-state index >= 15 is 0 Å². The van der Waals surface area contributed by atoms with Gasteiger partial charge in [-0.2, -0.15) is 0 Å². The summed E-state index contributed by atoms with van der Waals surface area (Å²) in [4.78, 5) is 23.9. The van der Waals surface area contributed by atoms with E-state index in [0.29, 0.717) is 11.1 Å². The minimum atomic E-state index is -0.497. The lowest BCUT2D eigenvalue weighted by Crippen LogP contribution is -2.53. The molecular formula is C21H27Cl2N3O2. The van der Waals surface area contributed by atoms with Crippen molar-refractivity contribution < 1.29 is 9.59 Å². The third kappa shape index (κ3) is 5.04. The van der Waals surface area contributed by atoms with Crippen LogP contribution in [0.4, 0.5) is 0 Å². The van der Waals surface area contributed by atoms with Crippen LogP contribution in [0, 0.1) is 0 Å². The zero-order valence-corrected chi connectivity index (χ0v) is 17.4. The summed E-state index contributed by atoms with van der Waals surface area (Å²) in [7, 11) is 0. The molecule has 2 aromatic carbocycles. The highest BCUT2D eigenvalue weighted by Crippen LogP contribution is 2.36. The molecule has 5 nitrogen and oxygen atoms in total. The molecule has 0 aromatic heterocycles. The van der Waals surface area contributed by atoms with E-state index in [1.54, 1.807) is 24.3 Å². The van der Waals surface area contributed by atoms with Gasteiger partial charge < -0.3 is 16.4 Å². The SMILES string of the molecule is CC(NC(=O)c1ccc(C(N)=O)cc1)C1(c2ccccc2)CCNCC1.Cl.Cl. The normalized spacial score (nSPS) is 16.0. The first-order chi connectivity index (χ1) is 12.5. The Kier molecular flexibility index (Phi) is 8.95. The minimum absolute atomic E-state index is 0. The molecule has 0 spiro atoms. The zero-order chi connectivity index (χ0) is 18.6. The van der Waals surface area contributed by atoms with Crippen LogP contribution < -0.4 is 16.4 Å². The Labute approximate surface area is 178 Å². The lowest BCUT2D eigenvalue weighted by Gasteiger charge is -2.43. The van der Waals surface area contributed by atoms with Crippen molar-refractivity contribution in [3.05, 3.63) is 71.3 Å². The molecule has 1 aliphatic rings. The van der Waals surface area contributed by atoms with Gasteiger partial charge in [-0.15, -0.1) is 24.8 Å². The fourth-order valence-electron chi connectivity index (χ4n) is 3.82. The van der Waals surface area contributed by atoms with Crippen LogP contribution in [-0.2, 0) is 5.41 Å². The third-order valence-electron chi connectivity index (χ3n) is 5.45. The maximum absolute atomic E-state index is 12.7. The summed E-state index contributed by atoms with van der Waals surface area (Å²) in [6.45, 7) is 3.94. The minimum Gasteiger partial charge on any atom is -0.366 e. The van der Waals surface area contributed by atoms with Crippen molar-refractivity contribution in [3.8, 4) is 0 Å². The predicted molar refractivity (Wildman–Crippen MR) is 117 cm³/mol. The highest BCUT2D eigenvalue weighted by Gasteiger charge is 2.39. The molecule has 0 bridgehead atoms. The quantitative estimate of drug-likeness (QED) is 0.690. The summed E-state index contributed by atoms with van der Waals surface area (Å²) in [5.74, 6) is -0.634. The molecule has 1 aliphatic heterocycles. The summed E-state index contributed by atoms with van der Waals surface area (Å²) in [6.07, 6.45) is 1.94. The Morgan fingerprint density at radius 3 is 2.04 bits per heavy atom. The van der Waals surface area contributed by atoms with Crippen LogP contribution in [-0.4, -0.2) is 30.9 Å². The van der Waals surface area contributed by atoms with Crippen molar-refractivity contribution in [1.82, 2.24) is 10.6 Å². The van der Waals surface area contributed by atoms with E-state index < -0.39 is 5.91 Å². The van der Waals surface area contributed by atoms with Gasteiger partial charge in [0.25, 0.3) is 5.91 Å². The van der Waals surface area contributed by atoms with Gasteiger partial charge in [0.15, 0.2) is 0 Å². The van der Waals surface area contributed by atoms with Crippen LogP contribution in [0.3, 0.4) is 0 Å². The van der Waals surface area contributed by atoms with Gasteiger partial charge >= 0.3 is 0 Å². The fourth-order valence-corrected chi connectivity index (χ4v) is 3.82. The van der Waals surface area contributed by atoms with Gasteiger partial charge in [-0.3, -0.25) is 9.59 Å². The van der Waals surface area contributed by atoms with Crippen molar-refractivity contribution in [2.45, 2.75) is 31.2 Å². The smallest absolute Gasteiger partial charge is 0.251 e. The zero-order valence-electron chi connectivity index (χ0n) is 15.8. The molecule has 1 fully saturated rings. The number of hydrogen-bond donors (Lipinski definition) is 3. The summed E-state index contributed by atoms with van der Waals surface area (Å²) >= 11 is 0. The summed E-state index contributed by atoms with van der Waals surface area (Å²) < 4.78 is 0. The van der Waals surface area contributed by atoms with E-state index in [1.165, 1.54) is 5.56 Å². The fraction of sp³-hybridized carbons (Fsp3) is 0.333. The van der Waals surface area contributed by atoms with Crippen LogP contribution in [0.15, 0.2) is 54.6 Å². The molecular weight excluding hydrogens is 397 g/mol. The molecule has 1 heterocycles. The highest BCUT2D eigenvalue weighted by atomic mass is 35.5. The topological polar surface area (TPSA) is 84.2 Å². The Bertz CT molecular complexity index is 776. The first kappa shape index (κ1) is 24.0. The molecule has 1 unspecified atom stereocenters. The van der Waals surface area contributed by atoms with Crippen LogP contribution >= 0.6 is 24.8 Å². The number of amides is 2. The van der Waals surface area contributed by atoms with Crippen molar-refractivity contribution in [2.75, 3.05) is 13.1 Å². The molecule has 0 saturated carbocycles.